The summed E-state index contributed by atoms with van der Waals surface area (Å²) >= 11 is 6.39. The number of rotatable bonds is 3. The minimum Gasteiger partial charge on any atom is -0.372 e. The lowest BCUT2D eigenvalue weighted by Gasteiger charge is -2.35. The van der Waals surface area contributed by atoms with E-state index in [2.05, 4.69) is 5.32 Å². The van der Waals surface area contributed by atoms with Gasteiger partial charge in [0.05, 0.1) is 22.8 Å². The number of benzene rings is 1. The molecule has 1 aromatic carbocycles. The number of hydrogen-bond acceptors (Lipinski definition) is 3. The van der Waals surface area contributed by atoms with E-state index in [9.17, 15) is 9.59 Å². The Morgan fingerprint density at radius 2 is 1.79 bits per heavy atom. The van der Waals surface area contributed by atoms with Gasteiger partial charge in [0.1, 0.15) is 0 Å². The lowest BCUT2D eigenvalue weighted by molar-refractivity contribution is -0.0530. The molecule has 0 bridgehead atoms. The number of carbonyl (C=O) groups excluding carboxylic acids is 2. The summed E-state index contributed by atoms with van der Waals surface area (Å²) in [4.78, 5) is 28.9. The van der Waals surface area contributed by atoms with E-state index in [4.69, 9.17) is 16.3 Å². The van der Waals surface area contributed by atoms with Crippen molar-refractivity contribution in [3.63, 3.8) is 0 Å². The maximum atomic E-state index is 12.8. The fourth-order valence-electron chi connectivity index (χ4n) is 4.14. The van der Waals surface area contributed by atoms with Crippen LogP contribution in [0.1, 0.15) is 56.3 Å². The first-order valence-corrected chi connectivity index (χ1v) is 10.5. The van der Waals surface area contributed by atoms with Crippen LogP contribution >= 0.6 is 11.6 Å². The second kappa shape index (κ2) is 9.14. The Balaban J connectivity index is 1.64. The number of hydrogen-bond donors (Lipinski definition) is 1. The van der Waals surface area contributed by atoms with Gasteiger partial charge in [-0.05, 0) is 44.9 Å². The highest BCUT2D eigenvalue weighted by molar-refractivity contribution is 6.34. The number of nitrogens with one attached hydrogen (secondary N) is 1. The van der Waals surface area contributed by atoms with Crippen molar-refractivity contribution in [1.82, 2.24) is 9.80 Å². The molecule has 28 heavy (non-hydrogen) atoms. The molecule has 1 aromatic rings. The molecule has 2 aliphatic rings. The lowest BCUT2D eigenvalue weighted by atomic mass is 9.94. The van der Waals surface area contributed by atoms with E-state index in [1.807, 2.05) is 25.8 Å². The molecule has 1 saturated carbocycles. The zero-order valence-electron chi connectivity index (χ0n) is 16.9. The molecule has 2 atom stereocenters. The number of carbonyl (C=O) groups is 2. The van der Waals surface area contributed by atoms with Crippen molar-refractivity contribution >= 4 is 29.2 Å². The molecule has 2 unspecified atom stereocenters. The van der Waals surface area contributed by atoms with E-state index in [1.165, 1.54) is 19.3 Å². The standard InChI is InChI=1S/C21H30ClN3O3/c1-14-12-25(13-15(2)28-14)21(27)23-16-9-10-18(19(22)11-16)20(26)24(3)17-7-5-4-6-8-17/h9-11,14-15,17H,4-8,12-13H2,1-3H3,(H,23,27). The number of urea groups is 1. The minimum absolute atomic E-state index is 0.00779. The van der Waals surface area contributed by atoms with Crippen LogP contribution in [0.25, 0.3) is 0 Å². The van der Waals surface area contributed by atoms with Gasteiger partial charge in [0, 0.05) is 31.9 Å². The molecule has 0 spiro atoms. The summed E-state index contributed by atoms with van der Waals surface area (Å²) in [7, 11) is 1.85. The number of morpholine rings is 1. The summed E-state index contributed by atoms with van der Waals surface area (Å²) in [6.45, 7) is 5.01. The highest BCUT2D eigenvalue weighted by Gasteiger charge is 2.27. The number of amides is 3. The van der Waals surface area contributed by atoms with Gasteiger partial charge in [-0.25, -0.2) is 4.79 Å². The van der Waals surface area contributed by atoms with Crippen molar-refractivity contribution in [1.29, 1.82) is 0 Å². The second-order valence-electron chi connectivity index (χ2n) is 7.99. The SMILES string of the molecule is CC1CN(C(=O)Nc2ccc(C(=O)N(C)C3CCCCC3)c(Cl)c2)CC(C)O1. The number of halogens is 1. The first-order valence-electron chi connectivity index (χ1n) is 10.1. The number of ether oxygens (including phenoxy) is 1. The molecule has 0 aromatic heterocycles. The van der Waals surface area contributed by atoms with Gasteiger partial charge in [-0.2, -0.15) is 0 Å². The van der Waals surface area contributed by atoms with Crippen molar-refractivity contribution < 1.29 is 14.3 Å². The molecule has 1 heterocycles. The molecule has 6 nitrogen and oxygen atoms in total. The van der Waals surface area contributed by atoms with Crippen LogP contribution in [-0.2, 0) is 4.74 Å². The van der Waals surface area contributed by atoms with E-state index in [0.29, 0.717) is 29.4 Å². The number of nitrogens with zero attached hydrogens (tertiary/aromatic N) is 2. The molecule has 2 fully saturated rings. The molecule has 1 aliphatic carbocycles. The molecule has 7 heteroatoms. The van der Waals surface area contributed by atoms with Gasteiger partial charge < -0.3 is 19.9 Å². The average Bonchev–Trinajstić information content (AvgIpc) is 2.67. The topological polar surface area (TPSA) is 61.9 Å². The third-order valence-electron chi connectivity index (χ3n) is 5.60. The zero-order chi connectivity index (χ0) is 20.3. The largest absolute Gasteiger partial charge is 0.372 e. The Kier molecular flexibility index (Phi) is 6.83. The van der Waals surface area contributed by atoms with Crippen LogP contribution in [0, 0.1) is 0 Å². The smallest absolute Gasteiger partial charge is 0.322 e. The van der Waals surface area contributed by atoms with Crippen LogP contribution < -0.4 is 5.32 Å². The van der Waals surface area contributed by atoms with Gasteiger partial charge in [-0.3, -0.25) is 4.79 Å². The fraction of sp³-hybridized carbons (Fsp3) is 0.619. The van der Waals surface area contributed by atoms with Gasteiger partial charge >= 0.3 is 6.03 Å². The molecule has 154 valence electrons. The van der Waals surface area contributed by atoms with Gasteiger partial charge in [-0.1, -0.05) is 30.9 Å². The van der Waals surface area contributed by atoms with E-state index in [-0.39, 0.29) is 30.2 Å². The van der Waals surface area contributed by atoms with E-state index in [1.54, 1.807) is 23.1 Å². The summed E-state index contributed by atoms with van der Waals surface area (Å²) < 4.78 is 5.67. The number of anilines is 1. The van der Waals surface area contributed by atoms with Crippen molar-refractivity contribution in [2.45, 2.75) is 64.2 Å². The third-order valence-corrected chi connectivity index (χ3v) is 5.91. The molecular formula is C21H30ClN3O3. The fourth-order valence-corrected chi connectivity index (χ4v) is 4.40. The summed E-state index contributed by atoms with van der Waals surface area (Å²) in [6.07, 6.45) is 5.68. The predicted octanol–water partition coefficient (Wildman–Crippen LogP) is 4.39. The van der Waals surface area contributed by atoms with Crippen molar-refractivity contribution in [3.05, 3.63) is 28.8 Å². The predicted molar refractivity (Wildman–Crippen MR) is 111 cm³/mol. The van der Waals surface area contributed by atoms with Crippen LogP contribution in [0.3, 0.4) is 0 Å². The first-order chi connectivity index (χ1) is 13.3. The van der Waals surface area contributed by atoms with Gasteiger partial charge in [0.15, 0.2) is 0 Å². The summed E-state index contributed by atoms with van der Waals surface area (Å²) in [5.74, 6) is -0.0643. The summed E-state index contributed by atoms with van der Waals surface area (Å²) in [5.41, 5.74) is 1.06. The van der Waals surface area contributed by atoms with Gasteiger partial charge in [-0.15, -0.1) is 0 Å². The van der Waals surface area contributed by atoms with Crippen LogP contribution in [0.5, 0.6) is 0 Å². The quantitative estimate of drug-likeness (QED) is 0.808. The first kappa shape index (κ1) is 20.9. The summed E-state index contributed by atoms with van der Waals surface area (Å²) in [5, 5.41) is 3.23. The average molecular weight is 408 g/mol. The molecule has 3 amide bonds. The Hall–Kier alpha value is -1.79. The van der Waals surface area contributed by atoms with Crippen LogP contribution in [0.4, 0.5) is 10.5 Å². The van der Waals surface area contributed by atoms with Crippen molar-refractivity contribution in [2.24, 2.45) is 0 Å². The maximum Gasteiger partial charge on any atom is 0.322 e. The lowest BCUT2D eigenvalue weighted by Crippen LogP contribution is -2.49. The van der Waals surface area contributed by atoms with E-state index < -0.39 is 0 Å². The summed E-state index contributed by atoms with van der Waals surface area (Å²) in [6, 6.07) is 5.18. The maximum absolute atomic E-state index is 12.8. The Morgan fingerprint density at radius 1 is 1.14 bits per heavy atom. The normalized spacial score (nSPS) is 23.4. The third kappa shape index (κ3) is 4.97. The molecular weight excluding hydrogens is 378 g/mol. The Bertz CT molecular complexity index is 711. The van der Waals surface area contributed by atoms with Crippen molar-refractivity contribution in [3.8, 4) is 0 Å². The Morgan fingerprint density at radius 3 is 2.39 bits per heavy atom. The molecule has 1 saturated heterocycles. The van der Waals surface area contributed by atoms with Crippen LogP contribution in [-0.4, -0.2) is 60.1 Å². The molecule has 1 aliphatic heterocycles. The molecule has 1 N–H and O–H groups in total. The van der Waals surface area contributed by atoms with Crippen LogP contribution in [0.15, 0.2) is 18.2 Å². The monoisotopic (exact) mass is 407 g/mol. The highest BCUT2D eigenvalue weighted by Crippen LogP contribution is 2.27. The van der Waals surface area contributed by atoms with Gasteiger partial charge in [0.2, 0.25) is 0 Å². The minimum atomic E-state index is -0.184. The van der Waals surface area contributed by atoms with E-state index >= 15 is 0 Å². The highest BCUT2D eigenvalue weighted by atomic mass is 35.5. The van der Waals surface area contributed by atoms with Crippen molar-refractivity contribution in [2.75, 3.05) is 25.5 Å². The second-order valence-corrected chi connectivity index (χ2v) is 8.40. The Labute approximate surface area is 172 Å². The molecule has 3 rings (SSSR count). The van der Waals surface area contributed by atoms with E-state index in [0.717, 1.165) is 12.8 Å². The molecule has 0 radical (unpaired) electrons. The van der Waals surface area contributed by atoms with Crippen LogP contribution in [0.2, 0.25) is 5.02 Å². The van der Waals surface area contributed by atoms with Gasteiger partial charge in [0.25, 0.3) is 5.91 Å². The zero-order valence-corrected chi connectivity index (χ0v) is 17.7.